The van der Waals surface area contributed by atoms with Gasteiger partial charge in [-0.25, -0.2) is 0 Å². The summed E-state index contributed by atoms with van der Waals surface area (Å²) in [4.78, 5) is 2.53. The Morgan fingerprint density at radius 2 is 1.86 bits per heavy atom. The van der Waals surface area contributed by atoms with Crippen molar-refractivity contribution in [1.29, 1.82) is 0 Å². The van der Waals surface area contributed by atoms with Crippen LogP contribution in [0.2, 0.25) is 0 Å². The third-order valence-corrected chi connectivity index (χ3v) is 4.87. The molecule has 0 amide bonds. The monoisotopic (exact) mass is 304 g/mol. The van der Waals surface area contributed by atoms with E-state index in [9.17, 15) is 0 Å². The second-order valence-electron chi connectivity index (χ2n) is 6.58. The maximum atomic E-state index is 5.50. The molecule has 2 fully saturated rings. The molecule has 1 N–H and O–H groups in total. The summed E-state index contributed by atoms with van der Waals surface area (Å²) < 4.78 is 10.8. The Balaban J connectivity index is 1.49. The van der Waals surface area contributed by atoms with E-state index < -0.39 is 0 Å². The first-order valence-corrected chi connectivity index (χ1v) is 8.45. The van der Waals surface area contributed by atoms with Gasteiger partial charge in [0, 0.05) is 24.2 Å². The van der Waals surface area contributed by atoms with E-state index in [1.807, 2.05) is 12.1 Å². The highest BCUT2D eigenvalue weighted by atomic mass is 16.5. The summed E-state index contributed by atoms with van der Waals surface area (Å²) in [6.07, 6.45) is 5.38. The summed E-state index contributed by atoms with van der Waals surface area (Å²) >= 11 is 0. The van der Waals surface area contributed by atoms with Gasteiger partial charge >= 0.3 is 0 Å². The van der Waals surface area contributed by atoms with Crippen LogP contribution in [-0.2, 0) is 6.54 Å². The smallest absolute Gasteiger partial charge is 0.127 e. The molecule has 0 atom stereocenters. The molecule has 1 saturated heterocycles. The largest absolute Gasteiger partial charge is 0.497 e. The normalized spacial score (nSPS) is 20.1. The van der Waals surface area contributed by atoms with Gasteiger partial charge < -0.3 is 14.8 Å². The lowest BCUT2D eigenvalue weighted by Gasteiger charge is -2.32. The summed E-state index contributed by atoms with van der Waals surface area (Å²) in [6.45, 7) is 4.52. The zero-order chi connectivity index (χ0) is 15.4. The fourth-order valence-electron chi connectivity index (χ4n) is 3.17. The van der Waals surface area contributed by atoms with Crippen LogP contribution in [0.3, 0.4) is 0 Å². The van der Waals surface area contributed by atoms with Crippen LogP contribution in [0.4, 0.5) is 0 Å². The molecule has 1 aliphatic carbocycles. The van der Waals surface area contributed by atoms with Gasteiger partial charge in [0.15, 0.2) is 0 Å². The van der Waals surface area contributed by atoms with E-state index in [2.05, 4.69) is 16.3 Å². The van der Waals surface area contributed by atoms with Crippen molar-refractivity contribution in [3.63, 3.8) is 0 Å². The van der Waals surface area contributed by atoms with Crippen LogP contribution in [0.5, 0.6) is 11.5 Å². The average Bonchev–Trinajstić information content (AvgIpc) is 3.39. The lowest BCUT2D eigenvalue weighted by molar-refractivity contribution is 0.188. The van der Waals surface area contributed by atoms with Gasteiger partial charge in [-0.1, -0.05) is 6.07 Å². The number of rotatable bonds is 7. The van der Waals surface area contributed by atoms with Crippen molar-refractivity contribution < 1.29 is 9.47 Å². The number of ether oxygens (including phenoxy) is 2. The van der Waals surface area contributed by atoms with Gasteiger partial charge in [-0.15, -0.1) is 0 Å². The number of methoxy groups -OCH3 is 2. The quantitative estimate of drug-likeness (QED) is 0.840. The molecule has 1 heterocycles. The third-order valence-electron chi connectivity index (χ3n) is 4.87. The van der Waals surface area contributed by atoms with Crippen LogP contribution in [-0.4, -0.2) is 44.8 Å². The molecule has 3 rings (SSSR count). The van der Waals surface area contributed by atoms with Crippen LogP contribution in [0, 0.1) is 5.92 Å². The summed E-state index contributed by atoms with van der Waals surface area (Å²) in [6, 6.07) is 6.82. The predicted octanol–water partition coefficient (Wildman–Crippen LogP) is 2.67. The van der Waals surface area contributed by atoms with Crippen molar-refractivity contribution in [2.75, 3.05) is 33.9 Å². The molecule has 1 saturated carbocycles. The average molecular weight is 304 g/mol. The third kappa shape index (κ3) is 4.14. The van der Waals surface area contributed by atoms with Crippen LogP contribution in [0.25, 0.3) is 0 Å². The molecule has 0 unspecified atom stereocenters. The Labute approximate surface area is 133 Å². The van der Waals surface area contributed by atoms with Crippen molar-refractivity contribution in [2.45, 2.75) is 38.3 Å². The number of benzene rings is 1. The number of hydrogen-bond donors (Lipinski definition) is 1. The van der Waals surface area contributed by atoms with E-state index in [-0.39, 0.29) is 0 Å². The maximum absolute atomic E-state index is 5.50. The molecule has 4 nitrogen and oxygen atoms in total. The first-order chi connectivity index (χ1) is 10.8. The summed E-state index contributed by atoms with van der Waals surface area (Å²) in [5.74, 6) is 2.75. The van der Waals surface area contributed by atoms with Gasteiger partial charge in [-0.05, 0) is 57.3 Å². The summed E-state index contributed by atoms with van der Waals surface area (Å²) in [5, 5.41) is 3.74. The van der Waals surface area contributed by atoms with Crippen molar-refractivity contribution in [1.82, 2.24) is 10.2 Å². The predicted molar refractivity (Wildman–Crippen MR) is 88.6 cm³/mol. The van der Waals surface area contributed by atoms with E-state index in [4.69, 9.17) is 9.47 Å². The fourth-order valence-corrected chi connectivity index (χ4v) is 3.17. The molecule has 22 heavy (non-hydrogen) atoms. The Kier molecular flexibility index (Phi) is 5.21. The van der Waals surface area contributed by atoms with Crippen LogP contribution >= 0.6 is 0 Å². The molecule has 0 radical (unpaired) electrons. The fraction of sp³-hybridized carbons (Fsp3) is 0.667. The minimum atomic E-state index is 0.717. The van der Waals surface area contributed by atoms with Gasteiger partial charge in [0.1, 0.15) is 11.5 Å². The molecule has 4 heteroatoms. The van der Waals surface area contributed by atoms with E-state index >= 15 is 0 Å². The highest BCUT2D eigenvalue weighted by molar-refractivity contribution is 5.40. The number of hydrogen-bond acceptors (Lipinski definition) is 4. The van der Waals surface area contributed by atoms with Crippen LogP contribution in [0.15, 0.2) is 18.2 Å². The molecule has 122 valence electrons. The Morgan fingerprint density at radius 3 is 2.50 bits per heavy atom. The number of piperidine rings is 1. The maximum Gasteiger partial charge on any atom is 0.127 e. The Morgan fingerprint density at radius 1 is 1.09 bits per heavy atom. The first kappa shape index (κ1) is 15.6. The van der Waals surface area contributed by atoms with E-state index in [1.165, 1.54) is 37.8 Å². The first-order valence-electron chi connectivity index (χ1n) is 8.45. The molecular weight excluding hydrogens is 276 g/mol. The number of likely N-dealkylation sites (tertiary alicyclic amines) is 1. The van der Waals surface area contributed by atoms with Crippen LogP contribution < -0.4 is 14.8 Å². The molecule has 1 aliphatic heterocycles. The number of nitrogens with zero attached hydrogens (tertiary/aromatic N) is 1. The van der Waals surface area contributed by atoms with Gasteiger partial charge in [0.05, 0.1) is 14.2 Å². The van der Waals surface area contributed by atoms with Gasteiger partial charge in [-0.2, -0.15) is 0 Å². The van der Waals surface area contributed by atoms with Crippen molar-refractivity contribution >= 4 is 0 Å². The SMILES string of the molecule is COc1ccc(CN2CCC(NCC3CC3)CC2)c(OC)c1. The molecule has 0 aromatic heterocycles. The van der Waals surface area contributed by atoms with E-state index in [0.717, 1.165) is 43.1 Å². The van der Waals surface area contributed by atoms with Crippen molar-refractivity contribution in [2.24, 2.45) is 5.92 Å². The van der Waals surface area contributed by atoms with Gasteiger partial charge in [-0.3, -0.25) is 4.90 Å². The van der Waals surface area contributed by atoms with E-state index in [1.54, 1.807) is 14.2 Å². The highest BCUT2D eigenvalue weighted by Gasteiger charge is 2.24. The van der Waals surface area contributed by atoms with Crippen molar-refractivity contribution in [3.05, 3.63) is 23.8 Å². The Hall–Kier alpha value is -1.26. The minimum absolute atomic E-state index is 0.717. The minimum Gasteiger partial charge on any atom is -0.497 e. The topological polar surface area (TPSA) is 33.7 Å². The van der Waals surface area contributed by atoms with Gasteiger partial charge in [0.25, 0.3) is 0 Å². The lowest BCUT2D eigenvalue weighted by Crippen LogP contribution is -2.42. The second kappa shape index (κ2) is 7.34. The summed E-state index contributed by atoms with van der Waals surface area (Å²) in [7, 11) is 3.42. The molecule has 0 bridgehead atoms. The standard InChI is InChI=1S/C18H28N2O2/c1-21-17-6-5-15(18(11-17)22-2)13-20-9-7-16(8-10-20)19-12-14-3-4-14/h5-6,11,14,16,19H,3-4,7-10,12-13H2,1-2H3. The molecule has 0 spiro atoms. The van der Waals surface area contributed by atoms with Gasteiger partial charge in [0.2, 0.25) is 0 Å². The Bertz CT molecular complexity index is 480. The molecule has 1 aromatic rings. The number of nitrogens with one attached hydrogen (secondary N) is 1. The van der Waals surface area contributed by atoms with Crippen molar-refractivity contribution in [3.8, 4) is 11.5 Å². The molecule has 1 aromatic carbocycles. The van der Waals surface area contributed by atoms with Crippen LogP contribution in [0.1, 0.15) is 31.2 Å². The second-order valence-corrected chi connectivity index (χ2v) is 6.58. The molecule has 2 aliphatic rings. The molecular formula is C18H28N2O2. The zero-order valence-electron chi connectivity index (χ0n) is 13.8. The highest BCUT2D eigenvalue weighted by Crippen LogP contribution is 2.29. The zero-order valence-corrected chi connectivity index (χ0v) is 13.8. The van der Waals surface area contributed by atoms with E-state index in [0.29, 0.717) is 0 Å². The lowest BCUT2D eigenvalue weighted by atomic mass is 10.0. The summed E-state index contributed by atoms with van der Waals surface area (Å²) in [5.41, 5.74) is 1.24.